The fourth-order valence-electron chi connectivity index (χ4n) is 5.57. The van der Waals surface area contributed by atoms with Crippen LogP contribution in [0.1, 0.15) is 37.2 Å². The van der Waals surface area contributed by atoms with Gasteiger partial charge in [0.05, 0.1) is 12.6 Å². The maximum Gasteiger partial charge on any atom is 0.316 e. The summed E-state index contributed by atoms with van der Waals surface area (Å²) in [4.78, 5) is 53.8. The molecule has 2 aliphatic rings. The van der Waals surface area contributed by atoms with Crippen LogP contribution in [0.15, 0.2) is 53.4 Å². The summed E-state index contributed by atoms with van der Waals surface area (Å²) in [6, 6.07) is 10.4. The Bertz CT molecular complexity index is 1670. The molecule has 40 heavy (non-hydrogen) atoms. The van der Waals surface area contributed by atoms with Crippen LogP contribution in [-0.2, 0) is 16.1 Å². The number of ketones is 1. The number of methoxy groups -OCH3 is 1. The third-order valence-corrected chi connectivity index (χ3v) is 8.15. The van der Waals surface area contributed by atoms with E-state index < -0.39 is 6.04 Å². The molecule has 1 saturated heterocycles. The predicted octanol–water partition coefficient (Wildman–Crippen LogP) is 3.88. The molecular formula is C28H26BrN7O4. The number of benzene rings is 1. The number of carbonyl (C=O) groups is 3. The van der Waals surface area contributed by atoms with E-state index >= 15 is 0 Å². The van der Waals surface area contributed by atoms with Crippen molar-refractivity contribution in [2.75, 3.05) is 12.4 Å². The quantitative estimate of drug-likeness (QED) is 0.248. The largest absolute Gasteiger partial charge is 0.467 e. The minimum atomic E-state index is -0.618. The normalized spacial score (nSPS) is 21.2. The number of likely N-dealkylation sites (tertiary alicyclic amines) is 1. The number of halogens is 1. The standard InChI is InChI=1S/C28H26BrN7O4/c1-15(37)25-18-9-16(17-12-30-27(40-3)31-13-17)7-8-19(18)35(34-25)14-24(38)36-20(10-28(2)11-21(28)36)26(39)33-23-6-4-5-22(29)32-23/h4-9,12-13,20-21H,10-11,14H2,1-3H3,(H,32,33,39)/t20-,21?,28-/m0/s1. The zero-order valence-electron chi connectivity index (χ0n) is 22.1. The Morgan fingerprint density at radius 3 is 2.60 bits per heavy atom. The molecule has 4 aromatic rings. The van der Waals surface area contributed by atoms with Crippen molar-refractivity contribution < 1.29 is 19.1 Å². The van der Waals surface area contributed by atoms with Crippen molar-refractivity contribution in [1.29, 1.82) is 0 Å². The average molecular weight is 604 g/mol. The maximum absolute atomic E-state index is 13.7. The van der Waals surface area contributed by atoms with Crippen LogP contribution in [0.3, 0.4) is 0 Å². The molecule has 204 valence electrons. The molecule has 2 amide bonds. The third-order valence-electron chi connectivity index (χ3n) is 7.71. The van der Waals surface area contributed by atoms with E-state index in [4.69, 9.17) is 4.74 Å². The number of aromatic nitrogens is 5. The lowest BCUT2D eigenvalue weighted by Crippen LogP contribution is -2.46. The minimum absolute atomic E-state index is 0.0120. The van der Waals surface area contributed by atoms with E-state index in [9.17, 15) is 14.4 Å². The van der Waals surface area contributed by atoms with Crippen molar-refractivity contribution in [2.45, 2.75) is 45.3 Å². The molecule has 1 aromatic carbocycles. The van der Waals surface area contributed by atoms with Crippen LogP contribution in [-0.4, -0.2) is 66.4 Å². The molecule has 1 N–H and O–H groups in total. The highest BCUT2D eigenvalue weighted by Crippen LogP contribution is 2.59. The first kappa shape index (κ1) is 26.1. The SMILES string of the molecule is COc1ncc(-c2ccc3c(c2)c(C(C)=O)nn3CC(=O)N2C3C[C@]3(C)C[C@H]2C(=O)Nc2cccc(Br)n2)cn1. The lowest BCUT2D eigenvalue weighted by Gasteiger charge is -2.26. The molecule has 0 radical (unpaired) electrons. The van der Waals surface area contributed by atoms with Gasteiger partial charge in [-0.15, -0.1) is 0 Å². The predicted molar refractivity (Wildman–Crippen MR) is 150 cm³/mol. The second-order valence-electron chi connectivity index (χ2n) is 10.5. The molecule has 0 bridgehead atoms. The summed E-state index contributed by atoms with van der Waals surface area (Å²) in [7, 11) is 1.50. The van der Waals surface area contributed by atoms with Gasteiger partial charge in [0.15, 0.2) is 5.78 Å². The van der Waals surface area contributed by atoms with Gasteiger partial charge in [-0.3, -0.25) is 19.1 Å². The van der Waals surface area contributed by atoms with E-state index in [0.29, 0.717) is 27.7 Å². The van der Waals surface area contributed by atoms with Gasteiger partial charge in [-0.1, -0.05) is 19.1 Å². The molecule has 1 unspecified atom stereocenters. The number of nitrogens with one attached hydrogen (secondary N) is 1. The van der Waals surface area contributed by atoms with Crippen LogP contribution < -0.4 is 10.1 Å². The fraction of sp³-hybridized carbons (Fsp3) is 0.321. The molecule has 2 fully saturated rings. The van der Waals surface area contributed by atoms with Gasteiger partial charge >= 0.3 is 6.01 Å². The molecule has 3 atom stereocenters. The molecule has 1 aliphatic heterocycles. The van der Waals surface area contributed by atoms with Crippen LogP contribution in [0.4, 0.5) is 5.82 Å². The minimum Gasteiger partial charge on any atom is -0.467 e. The van der Waals surface area contributed by atoms with Crippen molar-refractivity contribution in [3.05, 3.63) is 59.1 Å². The second-order valence-corrected chi connectivity index (χ2v) is 11.3. The highest BCUT2D eigenvalue weighted by molar-refractivity contribution is 9.10. The van der Waals surface area contributed by atoms with E-state index in [1.54, 1.807) is 40.2 Å². The lowest BCUT2D eigenvalue weighted by atomic mass is 10.0. The summed E-state index contributed by atoms with van der Waals surface area (Å²) in [5, 5.41) is 7.99. The number of pyridine rings is 1. The van der Waals surface area contributed by atoms with E-state index in [0.717, 1.165) is 17.5 Å². The van der Waals surface area contributed by atoms with E-state index in [1.165, 1.54) is 14.0 Å². The molecular weight excluding hydrogens is 578 g/mol. The van der Waals surface area contributed by atoms with Gasteiger partial charge in [-0.25, -0.2) is 15.0 Å². The first-order valence-corrected chi connectivity index (χ1v) is 13.6. The van der Waals surface area contributed by atoms with E-state index in [1.807, 2.05) is 18.2 Å². The number of piperidine rings is 1. The van der Waals surface area contributed by atoms with Gasteiger partial charge in [-0.05, 0) is 64.0 Å². The van der Waals surface area contributed by atoms with Crippen LogP contribution in [0.5, 0.6) is 6.01 Å². The maximum atomic E-state index is 13.7. The van der Waals surface area contributed by atoms with Gasteiger partial charge < -0.3 is 15.0 Å². The first-order chi connectivity index (χ1) is 19.2. The molecule has 0 spiro atoms. The monoisotopic (exact) mass is 603 g/mol. The zero-order valence-corrected chi connectivity index (χ0v) is 23.7. The van der Waals surface area contributed by atoms with Crippen LogP contribution in [0.25, 0.3) is 22.0 Å². The summed E-state index contributed by atoms with van der Waals surface area (Å²) in [6.45, 7) is 3.45. The highest BCUT2D eigenvalue weighted by atomic mass is 79.9. The molecule has 3 aromatic heterocycles. The summed E-state index contributed by atoms with van der Waals surface area (Å²) in [6.07, 6.45) is 4.71. The van der Waals surface area contributed by atoms with Crippen molar-refractivity contribution >= 4 is 50.2 Å². The van der Waals surface area contributed by atoms with Crippen molar-refractivity contribution in [1.82, 2.24) is 29.6 Å². The first-order valence-electron chi connectivity index (χ1n) is 12.8. The van der Waals surface area contributed by atoms with E-state index in [2.05, 4.69) is 48.2 Å². The molecule has 6 rings (SSSR count). The van der Waals surface area contributed by atoms with Gasteiger partial charge in [0.25, 0.3) is 0 Å². The number of hydrogen-bond acceptors (Lipinski definition) is 8. The number of fused-ring (bicyclic) bond motifs is 2. The molecule has 4 heterocycles. The third kappa shape index (κ3) is 4.61. The van der Waals surface area contributed by atoms with Gasteiger partial charge in [0.1, 0.15) is 28.7 Å². The van der Waals surface area contributed by atoms with Crippen LogP contribution in [0, 0.1) is 5.41 Å². The summed E-state index contributed by atoms with van der Waals surface area (Å²) >= 11 is 3.32. The Morgan fingerprint density at radius 1 is 1.12 bits per heavy atom. The second kappa shape index (κ2) is 9.77. The fourth-order valence-corrected chi connectivity index (χ4v) is 5.91. The van der Waals surface area contributed by atoms with Crippen molar-refractivity contribution in [3.8, 4) is 17.1 Å². The lowest BCUT2D eigenvalue weighted by molar-refractivity contribution is -0.138. The zero-order chi connectivity index (χ0) is 28.2. The summed E-state index contributed by atoms with van der Waals surface area (Å²) in [5.41, 5.74) is 2.38. The molecule has 1 aliphatic carbocycles. The van der Waals surface area contributed by atoms with Crippen molar-refractivity contribution in [3.63, 3.8) is 0 Å². The van der Waals surface area contributed by atoms with E-state index in [-0.39, 0.29) is 47.3 Å². The number of rotatable bonds is 7. The smallest absolute Gasteiger partial charge is 0.316 e. The van der Waals surface area contributed by atoms with Crippen LogP contribution >= 0.6 is 15.9 Å². The Kier molecular flexibility index (Phi) is 6.37. The molecule has 1 saturated carbocycles. The average Bonchev–Trinajstić information content (AvgIpc) is 3.30. The van der Waals surface area contributed by atoms with Gasteiger partial charge in [0.2, 0.25) is 11.8 Å². The number of anilines is 1. The van der Waals surface area contributed by atoms with Crippen molar-refractivity contribution in [2.24, 2.45) is 5.41 Å². The highest BCUT2D eigenvalue weighted by Gasteiger charge is 2.64. The van der Waals surface area contributed by atoms with Gasteiger partial charge in [-0.2, -0.15) is 5.10 Å². The summed E-state index contributed by atoms with van der Waals surface area (Å²) in [5.74, 6) is -0.289. The topological polar surface area (TPSA) is 132 Å². The number of nitrogens with zero attached hydrogens (tertiary/aromatic N) is 6. The Hall–Kier alpha value is -4.19. The Morgan fingerprint density at radius 2 is 1.90 bits per heavy atom. The number of carbonyl (C=O) groups excluding carboxylic acids is 3. The number of Topliss-reactive ketones (excluding diaryl/α,β-unsaturated/α-hetero) is 1. The van der Waals surface area contributed by atoms with Crippen LogP contribution in [0.2, 0.25) is 0 Å². The molecule has 11 nitrogen and oxygen atoms in total. The summed E-state index contributed by atoms with van der Waals surface area (Å²) < 4.78 is 7.19. The molecule has 12 heteroatoms. The van der Waals surface area contributed by atoms with Gasteiger partial charge in [0, 0.05) is 36.3 Å². The Labute approximate surface area is 238 Å². The number of ether oxygens (including phenoxy) is 1. The number of hydrogen-bond donors (Lipinski definition) is 1. The Balaban J connectivity index is 1.28. The number of amides is 2.